The van der Waals surface area contributed by atoms with E-state index in [1.54, 1.807) is 0 Å². The van der Waals surface area contributed by atoms with Gasteiger partial charge in [0, 0.05) is 0 Å². The van der Waals surface area contributed by atoms with Crippen LogP contribution >= 0.6 is 0 Å². The van der Waals surface area contributed by atoms with Crippen LogP contribution in [0.15, 0.2) is 0 Å². The molecule has 0 bridgehead atoms. The van der Waals surface area contributed by atoms with E-state index in [1.807, 2.05) is 0 Å². The zero-order valence-electron chi connectivity index (χ0n) is 24.4. The third kappa shape index (κ3) is 13.5. The highest BCUT2D eigenvalue weighted by atomic mass is 29.3. The fraction of sp³-hybridized carbons (Fsp3) is 1.00. The first-order valence-corrected chi connectivity index (χ1v) is 36.6. The van der Waals surface area contributed by atoms with Crippen molar-refractivity contribution >= 4 is 66.5 Å². The second-order valence-corrected chi connectivity index (χ2v) is 50.5. The predicted molar refractivity (Wildman–Crippen MR) is 158 cm³/mol. The molecule has 0 amide bonds. The number of hydrogen-bond donors (Lipinski definition) is 0. The van der Waals surface area contributed by atoms with Gasteiger partial charge in [-0.15, -0.1) is 0 Å². The number of hydrogen-bond acceptors (Lipinski definition) is 6. The molecular formula is C18H54O6Si8. The molecule has 0 atom stereocenters. The highest BCUT2D eigenvalue weighted by Crippen LogP contribution is 2.39. The molecule has 6 nitrogen and oxygen atoms in total. The van der Waals surface area contributed by atoms with Crippen LogP contribution in [0.1, 0.15) is 0 Å². The summed E-state index contributed by atoms with van der Waals surface area (Å²) in [5.41, 5.74) is 0. The third-order valence-corrected chi connectivity index (χ3v) is 32.7. The minimum Gasteiger partial charge on any atom is -0.415 e. The van der Waals surface area contributed by atoms with E-state index in [0.29, 0.717) is 0 Å². The van der Waals surface area contributed by atoms with E-state index in [4.69, 9.17) is 24.7 Å². The van der Waals surface area contributed by atoms with Gasteiger partial charge in [-0.05, 0) is 118 Å². The van der Waals surface area contributed by atoms with Gasteiger partial charge in [0.2, 0.25) is 0 Å². The van der Waals surface area contributed by atoms with Crippen LogP contribution in [-0.2, 0) is 24.7 Å². The Balaban J connectivity index is 7.54. The molecule has 0 saturated heterocycles. The van der Waals surface area contributed by atoms with Crippen molar-refractivity contribution in [3.8, 4) is 0 Å². The standard InChI is InChI=1S/C18H54O6Si8/c1-25(2,3)19-31(20-26(4,5)6,21-27(7,8)9)32(22-28(10,11)12,23-29(13,14)15)24-30(16,17)18/h1-18H3. The van der Waals surface area contributed by atoms with Crippen LogP contribution in [-0.4, -0.2) is 66.5 Å². The summed E-state index contributed by atoms with van der Waals surface area (Å²) in [5, 5.41) is 0. The average molecular weight is 591 g/mol. The molecule has 0 aromatic heterocycles. The van der Waals surface area contributed by atoms with E-state index >= 15 is 0 Å². The van der Waals surface area contributed by atoms with Gasteiger partial charge in [-0.3, -0.25) is 0 Å². The summed E-state index contributed by atoms with van der Waals surface area (Å²) in [6.07, 6.45) is 0. The van der Waals surface area contributed by atoms with Crippen molar-refractivity contribution in [1.29, 1.82) is 0 Å². The molecule has 0 heterocycles. The molecule has 0 aromatic rings. The molecule has 0 N–H and O–H groups in total. The van der Waals surface area contributed by atoms with Gasteiger partial charge in [0.25, 0.3) is 0 Å². The first kappa shape index (κ1) is 33.5. The van der Waals surface area contributed by atoms with Crippen LogP contribution in [0.3, 0.4) is 0 Å². The summed E-state index contributed by atoms with van der Waals surface area (Å²) in [4.78, 5) is 0. The Morgan fingerprint density at radius 3 is 0.375 bits per heavy atom. The predicted octanol–water partition coefficient (Wildman–Crippen LogP) is 7.05. The minimum atomic E-state index is -3.55. The van der Waals surface area contributed by atoms with Crippen molar-refractivity contribution in [3.05, 3.63) is 0 Å². The minimum absolute atomic E-state index is 2.13. The van der Waals surface area contributed by atoms with Crippen LogP contribution in [0.4, 0.5) is 0 Å². The average Bonchev–Trinajstić information content (AvgIpc) is 2.23. The highest BCUT2D eigenvalue weighted by Gasteiger charge is 2.76. The van der Waals surface area contributed by atoms with Crippen molar-refractivity contribution in [1.82, 2.24) is 0 Å². The molecule has 0 aliphatic rings. The summed E-state index contributed by atoms with van der Waals surface area (Å²) in [6.45, 7) is 39.6. The van der Waals surface area contributed by atoms with Crippen LogP contribution in [0, 0.1) is 0 Å². The molecule has 0 fully saturated rings. The summed E-state index contributed by atoms with van der Waals surface area (Å²) >= 11 is 0. The van der Waals surface area contributed by atoms with Crippen molar-refractivity contribution < 1.29 is 24.7 Å². The van der Waals surface area contributed by atoms with Gasteiger partial charge in [-0.1, -0.05) is 0 Å². The second-order valence-electron chi connectivity index (χ2n) is 14.4. The van der Waals surface area contributed by atoms with E-state index in [0.717, 1.165) is 0 Å². The lowest BCUT2D eigenvalue weighted by atomic mass is 11.8. The maximum absolute atomic E-state index is 7.14. The molecule has 0 aliphatic carbocycles. The zero-order valence-corrected chi connectivity index (χ0v) is 32.4. The monoisotopic (exact) mass is 590 g/mol. The van der Waals surface area contributed by atoms with Crippen molar-refractivity contribution in [2.24, 2.45) is 0 Å². The van der Waals surface area contributed by atoms with Gasteiger partial charge in [0.1, 0.15) is 0 Å². The molecule has 0 rings (SSSR count). The Bertz CT molecular complexity index is 470. The van der Waals surface area contributed by atoms with Gasteiger partial charge in [0.05, 0.1) is 0 Å². The van der Waals surface area contributed by atoms with Crippen molar-refractivity contribution in [2.45, 2.75) is 118 Å². The van der Waals surface area contributed by atoms with Crippen LogP contribution in [0.5, 0.6) is 0 Å². The maximum Gasteiger partial charge on any atom is 0.544 e. The van der Waals surface area contributed by atoms with E-state index < -0.39 is 66.5 Å². The highest BCUT2D eigenvalue weighted by molar-refractivity contribution is 7.34. The van der Waals surface area contributed by atoms with Crippen molar-refractivity contribution in [3.63, 3.8) is 0 Å². The van der Waals surface area contributed by atoms with E-state index in [1.165, 1.54) is 0 Å². The fourth-order valence-electron chi connectivity index (χ4n) is 2.92. The van der Waals surface area contributed by atoms with Gasteiger partial charge in [0.15, 0.2) is 49.9 Å². The SMILES string of the molecule is C[Si](C)(C)O[Si](O[Si](C)(C)C)(O[Si](C)(C)C)[Si](O[Si](C)(C)C)(O[Si](C)(C)C)O[Si](C)(C)C. The lowest BCUT2D eigenvalue weighted by Crippen LogP contribution is -2.83. The van der Waals surface area contributed by atoms with E-state index in [-0.39, 0.29) is 0 Å². The first-order chi connectivity index (χ1) is 13.5. The molecule has 0 spiro atoms. The van der Waals surface area contributed by atoms with E-state index in [2.05, 4.69) is 118 Å². The Kier molecular flexibility index (Phi) is 11.0. The normalized spacial score (nSPS) is 15.9. The quantitative estimate of drug-likeness (QED) is 0.214. The lowest BCUT2D eigenvalue weighted by Gasteiger charge is -2.53. The third-order valence-electron chi connectivity index (χ3n) is 3.02. The van der Waals surface area contributed by atoms with Crippen LogP contribution < -0.4 is 0 Å². The number of rotatable bonds is 13. The molecule has 32 heavy (non-hydrogen) atoms. The second kappa shape index (κ2) is 10.5. The molecular weight excluding hydrogens is 537 g/mol. The summed E-state index contributed by atoms with van der Waals surface area (Å²) in [5.74, 6) is 0. The molecule has 0 saturated carbocycles. The van der Waals surface area contributed by atoms with Crippen LogP contribution in [0.2, 0.25) is 118 Å². The molecule has 0 radical (unpaired) electrons. The van der Waals surface area contributed by atoms with Gasteiger partial charge >= 0.3 is 16.6 Å². The first-order valence-electron chi connectivity index (χ1n) is 11.7. The smallest absolute Gasteiger partial charge is 0.415 e. The van der Waals surface area contributed by atoms with E-state index in [9.17, 15) is 0 Å². The topological polar surface area (TPSA) is 55.4 Å². The molecule has 0 aliphatic heterocycles. The summed E-state index contributed by atoms with van der Waals surface area (Å²) in [7, 11) is -19.9. The lowest BCUT2D eigenvalue weighted by molar-refractivity contribution is 0.198. The Hall–Kier alpha value is 1.50. The van der Waals surface area contributed by atoms with Gasteiger partial charge < -0.3 is 24.7 Å². The molecule has 14 heteroatoms. The van der Waals surface area contributed by atoms with Crippen LogP contribution in [0.25, 0.3) is 0 Å². The Morgan fingerprint density at radius 2 is 0.312 bits per heavy atom. The maximum atomic E-state index is 7.14. The molecule has 194 valence electrons. The summed E-state index contributed by atoms with van der Waals surface area (Å²) < 4.78 is 42.8. The fourth-order valence-corrected chi connectivity index (χ4v) is 51.8. The van der Waals surface area contributed by atoms with Crippen molar-refractivity contribution in [2.75, 3.05) is 0 Å². The summed E-state index contributed by atoms with van der Waals surface area (Å²) in [6, 6.07) is 0. The largest absolute Gasteiger partial charge is 0.544 e. The molecule has 0 aromatic carbocycles. The molecule has 0 unspecified atom stereocenters. The Labute approximate surface area is 208 Å². The van der Waals surface area contributed by atoms with Gasteiger partial charge in [-0.25, -0.2) is 0 Å². The zero-order chi connectivity index (χ0) is 26.2. The Morgan fingerprint density at radius 1 is 0.219 bits per heavy atom. The van der Waals surface area contributed by atoms with Gasteiger partial charge in [-0.2, -0.15) is 0 Å².